The third kappa shape index (κ3) is 4.44. The van der Waals surface area contributed by atoms with Gasteiger partial charge in [-0.2, -0.15) is 0 Å². The van der Waals surface area contributed by atoms with E-state index in [2.05, 4.69) is 10.3 Å². The van der Waals surface area contributed by atoms with Crippen molar-refractivity contribution in [2.24, 2.45) is 5.92 Å². The molecule has 1 saturated heterocycles. The van der Waals surface area contributed by atoms with E-state index < -0.39 is 0 Å². The summed E-state index contributed by atoms with van der Waals surface area (Å²) < 4.78 is 5.41. The van der Waals surface area contributed by atoms with Gasteiger partial charge in [-0.15, -0.1) is 0 Å². The summed E-state index contributed by atoms with van der Waals surface area (Å²) in [5.74, 6) is 0.298. The fraction of sp³-hybridized carbons (Fsp3) is 0.304. The Kier molecular flexibility index (Phi) is 5.95. The van der Waals surface area contributed by atoms with Crippen molar-refractivity contribution in [1.82, 2.24) is 9.88 Å². The van der Waals surface area contributed by atoms with Crippen molar-refractivity contribution < 1.29 is 14.3 Å². The first kappa shape index (κ1) is 20.3. The number of amides is 2. The number of likely N-dealkylation sites (tertiary alicyclic amines) is 1. The van der Waals surface area contributed by atoms with Gasteiger partial charge in [0.05, 0.1) is 12.5 Å². The van der Waals surface area contributed by atoms with Crippen molar-refractivity contribution in [3.05, 3.63) is 59.2 Å². The normalized spacial score (nSPS) is 16.3. The number of aromatic amines is 1. The maximum atomic E-state index is 12.6. The fourth-order valence-electron chi connectivity index (χ4n) is 3.82. The van der Waals surface area contributed by atoms with Crippen LogP contribution in [0, 0.1) is 5.92 Å². The van der Waals surface area contributed by atoms with E-state index >= 15 is 0 Å². The topological polar surface area (TPSA) is 74.4 Å². The first-order valence-electron chi connectivity index (χ1n) is 10.1. The molecule has 2 heterocycles. The van der Waals surface area contributed by atoms with E-state index in [9.17, 15) is 9.59 Å². The molecule has 1 fully saturated rings. The average Bonchev–Trinajstić information content (AvgIpc) is 3.31. The van der Waals surface area contributed by atoms with E-state index in [4.69, 9.17) is 16.3 Å². The van der Waals surface area contributed by atoms with Crippen LogP contribution in [0.4, 0.5) is 5.69 Å². The maximum Gasteiger partial charge on any atom is 0.229 e. The molecule has 30 heavy (non-hydrogen) atoms. The molecule has 2 amide bonds. The van der Waals surface area contributed by atoms with Gasteiger partial charge in [-0.1, -0.05) is 11.6 Å². The lowest BCUT2D eigenvalue weighted by Gasteiger charge is -2.16. The predicted molar refractivity (Wildman–Crippen MR) is 118 cm³/mol. The lowest BCUT2D eigenvalue weighted by atomic mass is 10.1. The second kappa shape index (κ2) is 8.79. The van der Waals surface area contributed by atoms with E-state index in [1.165, 1.54) is 0 Å². The average molecular weight is 426 g/mol. The minimum Gasteiger partial charge on any atom is -0.494 e. The van der Waals surface area contributed by atoms with Gasteiger partial charge in [0.15, 0.2) is 0 Å². The van der Waals surface area contributed by atoms with Crippen molar-refractivity contribution in [3.63, 3.8) is 0 Å². The number of anilines is 1. The second-order valence-electron chi connectivity index (χ2n) is 7.44. The van der Waals surface area contributed by atoms with Crippen LogP contribution in [0.2, 0.25) is 5.02 Å². The first-order chi connectivity index (χ1) is 14.5. The van der Waals surface area contributed by atoms with Gasteiger partial charge in [0.25, 0.3) is 0 Å². The number of hydrogen-bond acceptors (Lipinski definition) is 3. The third-order valence-corrected chi connectivity index (χ3v) is 5.63. The van der Waals surface area contributed by atoms with Crippen LogP contribution in [0.5, 0.6) is 5.75 Å². The molecule has 6 nitrogen and oxygen atoms in total. The molecule has 2 N–H and O–H groups in total. The van der Waals surface area contributed by atoms with Gasteiger partial charge in [0, 0.05) is 47.3 Å². The molecule has 2 aromatic carbocycles. The van der Waals surface area contributed by atoms with E-state index in [0.29, 0.717) is 36.8 Å². The van der Waals surface area contributed by atoms with Gasteiger partial charge in [0.1, 0.15) is 5.75 Å². The van der Waals surface area contributed by atoms with Gasteiger partial charge < -0.3 is 19.9 Å². The Hall–Kier alpha value is -2.99. The summed E-state index contributed by atoms with van der Waals surface area (Å²) in [4.78, 5) is 30.1. The van der Waals surface area contributed by atoms with Crippen LogP contribution in [0.25, 0.3) is 10.9 Å². The number of H-pyrrole nitrogens is 1. The number of aromatic nitrogens is 1. The third-order valence-electron chi connectivity index (χ3n) is 5.40. The highest BCUT2D eigenvalue weighted by atomic mass is 35.5. The molecule has 0 spiro atoms. The Bertz CT molecular complexity index is 1060. The van der Waals surface area contributed by atoms with E-state index in [-0.39, 0.29) is 24.2 Å². The van der Waals surface area contributed by atoms with Gasteiger partial charge in [-0.3, -0.25) is 9.59 Å². The van der Waals surface area contributed by atoms with E-state index in [0.717, 1.165) is 22.2 Å². The van der Waals surface area contributed by atoms with Crippen LogP contribution in [-0.4, -0.2) is 41.4 Å². The van der Waals surface area contributed by atoms with Gasteiger partial charge in [-0.25, -0.2) is 0 Å². The number of ether oxygens (including phenoxy) is 1. The van der Waals surface area contributed by atoms with Crippen LogP contribution < -0.4 is 10.1 Å². The monoisotopic (exact) mass is 425 g/mol. The zero-order chi connectivity index (χ0) is 21.1. The minimum absolute atomic E-state index is 0.0136. The number of nitrogens with one attached hydrogen (secondary N) is 2. The summed E-state index contributed by atoms with van der Waals surface area (Å²) in [5.41, 5.74) is 2.84. The first-order valence-corrected chi connectivity index (χ1v) is 10.5. The smallest absolute Gasteiger partial charge is 0.229 e. The number of carbonyl (C=O) groups is 2. The predicted octanol–water partition coefficient (Wildman–Crippen LogP) is 4.25. The molecule has 1 aromatic heterocycles. The summed E-state index contributed by atoms with van der Waals surface area (Å²) in [6, 6.07) is 13.0. The van der Waals surface area contributed by atoms with Crippen LogP contribution in [-0.2, 0) is 16.0 Å². The number of hydrogen-bond donors (Lipinski definition) is 2. The summed E-state index contributed by atoms with van der Waals surface area (Å²) in [5, 5.41) is 4.66. The van der Waals surface area contributed by atoms with Gasteiger partial charge in [-0.05, 0) is 61.4 Å². The van der Waals surface area contributed by atoms with Crippen molar-refractivity contribution in [3.8, 4) is 5.75 Å². The van der Waals surface area contributed by atoms with E-state index in [1.807, 2.05) is 43.5 Å². The molecule has 0 bridgehead atoms. The number of carbonyl (C=O) groups excluding carboxylic acids is 2. The fourth-order valence-corrected chi connectivity index (χ4v) is 3.99. The van der Waals surface area contributed by atoms with Crippen molar-refractivity contribution in [2.45, 2.75) is 19.8 Å². The van der Waals surface area contributed by atoms with Crippen molar-refractivity contribution in [2.75, 3.05) is 25.0 Å². The van der Waals surface area contributed by atoms with Crippen LogP contribution in [0.15, 0.2) is 48.7 Å². The Labute approximate surface area is 180 Å². The Morgan fingerprint density at radius 3 is 2.83 bits per heavy atom. The quantitative estimate of drug-likeness (QED) is 0.594. The van der Waals surface area contributed by atoms with Crippen LogP contribution in [0.3, 0.4) is 0 Å². The molecule has 3 aromatic rings. The number of nitrogens with zero attached hydrogens (tertiary/aromatic N) is 1. The lowest BCUT2D eigenvalue weighted by Crippen LogP contribution is -2.30. The molecule has 1 aliphatic rings. The number of halogens is 1. The summed E-state index contributed by atoms with van der Waals surface area (Å²) >= 11 is 6.11. The SMILES string of the molecule is CCOc1ccc(NC(=O)C2CC(=O)N(CCc3c[nH]c4ccc(Cl)cc34)C2)cc1. The zero-order valence-electron chi connectivity index (χ0n) is 16.8. The maximum absolute atomic E-state index is 12.6. The minimum atomic E-state index is -0.346. The van der Waals surface area contributed by atoms with Gasteiger partial charge in [0.2, 0.25) is 11.8 Å². The highest BCUT2D eigenvalue weighted by molar-refractivity contribution is 6.31. The zero-order valence-corrected chi connectivity index (χ0v) is 17.5. The van der Waals surface area contributed by atoms with Crippen LogP contribution >= 0.6 is 11.6 Å². The summed E-state index contributed by atoms with van der Waals surface area (Å²) in [6.07, 6.45) is 2.90. The molecule has 1 aliphatic heterocycles. The summed E-state index contributed by atoms with van der Waals surface area (Å²) in [7, 11) is 0. The molecule has 7 heteroatoms. The van der Waals surface area contributed by atoms with Gasteiger partial charge >= 0.3 is 0 Å². The highest BCUT2D eigenvalue weighted by Crippen LogP contribution is 2.25. The lowest BCUT2D eigenvalue weighted by molar-refractivity contribution is -0.128. The largest absolute Gasteiger partial charge is 0.494 e. The Balaban J connectivity index is 1.34. The van der Waals surface area contributed by atoms with Crippen LogP contribution in [0.1, 0.15) is 18.9 Å². The number of benzene rings is 2. The molecule has 0 aliphatic carbocycles. The number of rotatable bonds is 7. The molecular weight excluding hydrogens is 402 g/mol. The molecular formula is C23H24ClN3O3. The van der Waals surface area contributed by atoms with Crippen molar-refractivity contribution >= 4 is 40.0 Å². The Morgan fingerprint density at radius 1 is 1.27 bits per heavy atom. The molecule has 0 saturated carbocycles. The highest BCUT2D eigenvalue weighted by Gasteiger charge is 2.34. The molecule has 4 rings (SSSR count). The van der Waals surface area contributed by atoms with E-state index in [1.54, 1.807) is 17.0 Å². The summed E-state index contributed by atoms with van der Waals surface area (Å²) in [6.45, 7) is 3.53. The van der Waals surface area contributed by atoms with Crippen molar-refractivity contribution in [1.29, 1.82) is 0 Å². The molecule has 0 radical (unpaired) electrons. The number of fused-ring (bicyclic) bond motifs is 1. The standard InChI is InChI=1S/C23H24ClN3O3/c1-2-30-19-6-4-18(5-7-19)26-23(29)16-11-22(28)27(14-16)10-9-15-13-25-21-8-3-17(24)12-20(15)21/h3-8,12-13,16,25H,2,9-11,14H2,1H3,(H,26,29). The Morgan fingerprint density at radius 2 is 2.07 bits per heavy atom. The molecule has 1 atom stereocenters. The molecule has 156 valence electrons. The second-order valence-corrected chi connectivity index (χ2v) is 7.88. The molecule has 1 unspecified atom stereocenters.